The Balaban J connectivity index is 1.61. The largest absolute Gasteiger partial charge is 0.489 e. The van der Waals surface area contributed by atoms with Crippen molar-refractivity contribution < 1.29 is 32.5 Å². The highest BCUT2D eigenvalue weighted by molar-refractivity contribution is 6.31. The van der Waals surface area contributed by atoms with Crippen LogP contribution in [0.25, 0.3) is 0 Å². The number of nitrogens with zero attached hydrogens (tertiary/aromatic N) is 1. The molecule has 1 atom stereocenters. The summed E-state index contributed by atoms with van der Waals surface area (Å²) in [6.07, 6.45) is -0.794. The zero-order chi connectivity index (χ0) is 22.6. The third-order valence-corrected chi connectivity index (χ3v) is 4.75. The molecule has 31 heavy (non-hydrogen) atoms. The predicted octanol–water partition coefficient (Wildman–Crippen LogP) is 5.66. The van der Waals surface area contributed by atoms with Gasteiger partial charge in [-0.3, -0.25) is 4.90 Å². The van der Waals surface area contributed by atoms with Gasteiger partial charge >= 0.3 is 12.7 Å². The molecule has 0 radical (unpaired) electrons. The van der Waals surface area contributed by atoms with Crippen LogP contribution in [0.2, 0.25) is 5.02 Å². The number of rotatable bonds is 8. The van der Waals surface area contributed by atoms with Gasteiger partial charge in [0.15, 0.2) is 0 Å². The molecule has 168 valence electrons. The van der Waals surface area contributed by atoms with Crippen molar-refractivity contribution in [1.82, 2.24) is 0 Å². The Morgan fingerprint density at radius 1 is 1.19 bits per heavy atom. The summed E-state index contributed by atoms with van der Waals surface area (Å²) in [5.74, 6) is 0.439. The number of alkyl halides is 2. The maximum Gasteiger partial charge on any atom is 0.414 e. The molecule has 1 heterocycles. The van der Waals surface area contributed by atoms with Gasteiger partial charge in [0.1, 0.15) is 24.2 Å². The second-order valence-electron chi connectivity index (χ2n) is 7.92. The summed E-state index contributed by atoms with van der Waals surface area (Å²) >= 11 is 6.10. The highest BCUT2D eigenvalue weighted by atomic mass is 35.5. The Morgan fingerprint density at radius 3 is 2.55 bits per heavy atom. The van der Waals surface area contributed by atoms with Crippen molar-refractivity contribution in [2.24, 2.45) is 0 Å². The zero-order valence-corrected chi connectivity index (χ0v) is 18.2. The molecule has 9 heteroatoms. The number of amides is 1. The monoisotopic (exact) mass is 455 g/mol. The zero-order valence-electron chi connectivity index (χ0n) is 17.4. The summed E-state index contributed by atoms with van der Waals surface area (Å²) in [6.45, 7) is 3.48. The van der Waals surface area contributed by atoms with Crippen LogP contribution in [0.4, 0.5) is 19.3 Å². The molecule has 3 rings (SSSR count). The summed E-state index contributed by atoms with van der Waals surface area (Å²) < 4.78 is 46.4. The van der Waals surface area contributed by atoms with Crippen LogP contribution in [-0.2, 0) is 16.1 Å². The lowest BCUT2D eigenvalue weighted by atomic mass is 10.2. The van der Waals surface area contributed by atoms with E-state index < -0.39 is 12.7 Å². The maximum absolute atomic E-state index is 12.6. The standard InChI is InChI=1S/C22H24ClF2NO5/c1-22(2,3)29-12-16-11-26(21(27)30-16)14-7-9-15(10-8-14)28-13-17-18(23)5-4-6-19(17)31-20(24)25/h4-10,16,20H,11-13H2,1-3H3. The first-order valence-electron chi connectivity index (χ1n) is 9.69. The van der Waals surface area contributed by atoms with Crippen molar-refractivity contribution in [2.75, 3.05) is 18.1 Å². The Labute approximate surface area is 184 Å². The van der Waals surface area contributed by atoms with Gasteiger partial charge in [0.2, 0.25) is 0 Å². The molecular weight excluding hydrogens is 432 g/mol. The fourth-order valence-corrected chi connectivity index (χ4v) is 3.15. The summed E-state index contributed by atoms with van der Waals surface area (Å²) in [5, 5.41) is 0.262. The molecule has 2 aromatic carbocycles. The van der Waals surface area contributed by atoms with Gasteiger partial charge in [0.25, 0.3) is 0 Å². The molecule has 1 saturated heterocycles. The molecule has 6 nitrogen and oxygen atoms in total. The third-order valence-electron chi connectivity index (χ3n) is 4.40. The Morgan fingerprint density at radius 2 is 1.90 bits per heavy atom. The van der Waals surface area contributed by atoms with E-state index in [-0.39, 0.29) is 29.1 Å². The Bertz CT molecular complexity index is 902. The molecule has 0 aromatic heterocycles. The van der Waals surface area contributed by atoms with Crippen LogP contribution in [-0.4, -0.2) is 37.6 Å². The Kier molecular flexibility index (Phi) is 7.23. The molecule has 0 saturated carbocycles. The molecule has 0 N–H and O–H groups in total. The van der Waals surface area contributed by atoms with Gasteiger partial charge in [-0.2, -0.15) is 8.78 Å². The Hall–Kier alpha value is -2.58. The number of halogens is 3. The first-order valence-corrected chi connectivity index (χ1v) is 10.1. The van der Waals surface area contributed by atoms with Crippen LogP contribution in [0.1, 0.15) is 26.3 Å². The molecule has 1 amide bonds. The molecule has 1 aliphatic rings. The average Bonchev–Trinajstić information content (AvgIpc) is 3.06. The fourth-order valence-electron chi connectivity index (χ4n) is 2.93. The third kappa shape index (κ3) is 6.45. The lowest BCUT2D eigenvalue weighted by Gasteiger charge is -2.21. The number of carbonyl (C=O) groups is 1. The number of ether oxygens (including phenoxy) is 4. The minimum absolute atomic E-state index is 0.0394. The van der Waals surface area contributed by atoms with E-state index in [0.29, 0.717) is 30.2 Å². The number of benzene rings is 2. The quantitative estimate of drug-likeness (QED) is 0.514. The summed E-state index contributed by atoms with van der Waals surface area (Å²) in [4.78, 5) is 13.7. The van der Waals surface area contributed by atoms with Gasteiger partial charge in [0, 0.05) is 5.69 Å². The van der Waals surface area contributed by atoms with Crippen LogP contribution in [0, 0.1) is 0 Å². The van der Waals surface area contributed by atoms with Gasteiger partial charge in [0.05, 0.1) is 29.3 Å². The normalized spacial score (nSPS) is 16.5. The molecule has 2 aromatic rings. The predicted molar refractivity (Wildman–Crippen MR) is 112 cm³/mol. The lowest BCUT2D eigenvalue weighted by Crippen LogP contribution is -2.29. The topological polar surface area (TPSA) is 57.2 Å². The minimum Gasteiger partial charge on any atom is -0.489 e. The van der Waals surface area contributed by atoms with Gasteiger partial charge in [-0.25, -0.2) is 4.79 Å². The van der Waals surface area contributed by atoms with Crippen molar-refractivity contribution in [3.8, 4) is 11.5 Å². The van der Waals surface area contributed by atoms with E-state index in [1.165, 1.54) is 17.0 Å². The fraction of sp³-hybridized carbons (Fsp3) is 0.409. The molecule has 0 bridgehead atoms. The van der Waals surface area contributed by atoms with Crippen molar-refractivity contribution in [3.63, 3.8) is 0 Å². The SMILES string of the molecule is CC(C)(C)OCC1CN(c2ccc(OCc3c(Cl)cccc3OC(F)F)cc2)C(=O)O1. The van der Waals surface area contributed by atoms with E-state index in [0.717, 1.165) is 0 Å². The van der Waals surface area contributed by atoms with Gasteiger partial charge < -0.3 is 18.9 Å². The first-order chi connectivity index (χ1) is 14.6. The van der Waals surface area contributed by atoms with Crippen LogP contribution >= 0.6 is 11.6 Å². The summed E-state index contributed by atoms with van der Waals surface area (Å²) in [7, 11) is 0. The number of hydrogen-bond acceptors (Lipinski definition) is 5. The highest BCUT2D eigenvalue weighted by Gasteiger charge is 2.33. The first kappa shape index (κ1) is 23.1. The lowest BCUT2D eigenvalue weighted by molar-refractivity contribution is -0.0508. The van der Waals surface area contributed by atoms with Gasteiger partial charge in [-0.05, 0) is 57.2 Å². The second-order valence-corrected chi connectivity index (χ2v) is 8.32. The van der Waals surface area contributed by atoms with Crippen LogP contribution in [0.3, 0.4) is 0 Å². The van der Waals surface area contributed by atoms with E-state index in [2.05, 4.69) is 4.74 Å². The van der Waals surface area contributed by atoms with Crippen molar-refractivity contribution in [2.45, 2.75) is 45.7 Å². The highest BCUT2D eigenvalue weighted by Crippen LogP contribution is 2.30. The van der Waals surface area contributed by atoms with Crippen molar-refractivity contribution >= 4 is 23.4 Å². The molecule has 0 aliphatic carbocycles. The smallest absolute Gasteiger partial charge is 0.414 e. The molecule has 1 fully saturated rings. The van der Waals surface area contributed by atoms with E-state index in [4.69, 9.17) is 25.8 Å². The van der Waals surface area contributed by atoms with E-state index >= 15 is 0 Å². The van der Waals surface area contributed by atoms with Crippen molar-refractivity contribution in [1.29, 1.82) is 0 Å². The molecule has 0 spiro atoms. The minimum atomic E-state index is -2.96. The number of hydrogen-bond donors (Lipinski definition) is 0. The second kappa shape index (κ2) is 9.70. The van der Waals surface area contributed by atoms with E-state index in [1.807, 2.05) is 20.8 Å². The average molecular weight is 456 g/mol. The number of carbonyl (C=O) groups excluding carboxylic acids is 1. The molecule has 1 unspecified atom stereocenters. The number of anilines is 1. The summed E-state index contributed by atoms with van der Waals surface area (Å²) in [5.41, 5.74) is 0.647. The van der Waals surface area contributed by atoms with Crippen LogP contribution < -0.4 is 14.4 Å². The number of cyclic esters (lactones) is 1. The van der Waals surface area contributed by atoms with Crippen LogP contribution in [0.15, 0.2) is 42.5 Å². The van der Waals surface area contributed by atoms with E-state index in [9.17, 15) is 13.6 Å². The van der Waals surface area contributed by atoms with E-state index in [1.54, 1.807) is 30.3 Å². The summed E-state index contributed by atoms with van der Waals surface area (Å²) in [6, 6.07) is 11.3. The molecule has 1 aliphatic heterocycles. The van der Waals surface area contributed by atoms with Gasteiger partial charge in [-0.1, -0.05) is 17.7 Å². The van der Waals surface area contributed by atoms with Gasteiger partial charge in [-0.15, -0.1) is 0 Å². The maximum atomic E-state index is 12.6. The molecular formula is C22H24ClF2NO5. The van der Waals surface area contributed by atoms with Crippen molar-refractivity contribution in [3.05, 3.63) is 53.1 Å². The van der Waals surface area contributed by atoms with Crippen LogP contribution in [0.5, 0.6) is 11.5 Å².